The summed E-state index contributed by atoms with van der Waals surface area (Å²) in [5, 5.41) is 10.3. The average molecular weight is 726 g/mol. The van der Waals surface area contributed by atoms with Crippen LogP contribution in [0.15, 0.2) is 212 Å². The molecule has 1 nitrogen and oxygen atoms in total. The van der Waals surface area contributed by atoms with Gasteiger partial charge in [-0.05, 0) is 143 Å². The first-order valence-electron chi connectivity index (χ1n) is 20.0. The maximum Gasteiger partial charge on any atom is 0.0462 e. The molecule has 0 aliphatic heterocycles. The van der Waals surface area contributed by atoms with E-state index in [0.717, 1.165) is 29.9 Å². The van der Waals surface area contributed by atoms with Gasteiger partial charge in [-0.1, -0.05) is 170 Å². The second kappa shape index (κ2) is 13.8. The summed E-state index contributed by atoms with van der Waals surface area (Å²) in [6.07, 6.45) is 4.57. The molecular weight excluding hydrogens is 687 g/mol. The molecule has 0 radical (unpaired) electrons. The highest BCUT2D eigenvalue weighted by atomic mass is 15.1. The van der Waals surface area contributed by atoms with E-state index in [9.17, 15) is 0 Å². The number of hydrogen-bond donors (Lipinski definition) is 0. The Morgan fingerprint density at radius 1 is 0.316 bits per heavy atom. The molecule has 0 atom stereocenters. The lowest BCUT2D eigenvalue weighted by atomic mass is 9.87. The molecule has 1 aliphatic rings. The minimum absolute atomic E-state index is 1.07. The number of allylic oxidation sites excluding steroid dienone is 1. The third-order valence-corrected chi connectivity index (χ3v) is 11.9. The van der Waals surface area contributed by atoms with E-state index in [2.05, 4.69) is 217 Å². The molecule has 0 aromatic heterocycles. The van der Waals surface area contributed by atoms with Crippen LogP contribution in [-0.2, 0) is 6.42 Å². The van der Waals surface area contributed by atoms with Gasteiger partial charge in [0, 0.05) is 17.1 Å². The number of rotatable bonds is 6. The first-order chi connectivity index (χ1) is 28.3. The lowest BCUT2D eigenvalue weighted by Crippen LogP contribution is -2.10. The van der Waals surface area contributed by atoms with E-state index in [-0.39, 0.29) is 0 Å². The van der Waals surface area contributed by atoms with Crippen molar-refractivity contribution in [2.24, 2.45) is 0 Å². The quantitative estimate of drug-likeness (QED) is 0.154. The zero-order valence-corrected chi connectivity index (χ0v) is 31.6. The number of anilines is 3. The van der Waals surface area contributed by atoms with E-state index in [1.807, 2.05) is 0 Å². The van der Waals surface area contributed by atoms with Gasteiger partial charge in [0.2, 0.25) is 0 Å². The van der Waals surface area contributed by atoms with Crippen LogP contribution in [0.3, 0.4) is 0 Å². The van der Waals surface area contributed by atoms with Crippen molar-refractivity contribution in [2.45, 2.75) is 12.8 Å². The van der Waals surface area contributed by atoms with Crippen molar-refractivity contribution in [3.8, 4) is 22.3 Å². The maximum absolute atomic E-state index is 2.40. The normalized spacial score (nSPS) is 12.5. The van der Waals surface area contributed by atoms with Crippen LogP contribution >= 0.6 is 0 Å². The van der Waals surface area contributed by atoms with Crippen LogP contribution in [0.25, 0.3) is 70.9 Å². The van der Waals surface area contributed by atoms with E-state index >= 15 is 0 Å². The number of aryl methyl sites for hydroxylation is 1. The minimum atomic E-state index is 1.07. The number of fused-ring (bicyclic) bond motifs is 8. The molecule has 1 aliphatic carbocycles. The fourth-order valence-corrected chi connectivity index (χ4v) is 9.15. The van der Waals surface area contributed by atoms with E-state index in [1.54, 1.807) is 0 Å². The van der Waals surface area contributed by atoms with Crippen LogP contribution in [0, 0.1) is 0 Å². The van der Waals surface area contributed by atoms with Crippen molar-refractivity contribution in [3.05, 3.63) is 229 Å². The molecule has 0 amide bonds. The highest BCUT2D eigenvalue weighted by molar-refractivity contribution is 6.25. The van der Waals surface area contributed by atoms with E-state index in [1.165, 1.54) is 87.6 Å². The molecule has 0 saturated carbocycles. The Morgan fingerprint density at radius 2 is 0.789 bits per heavy atom. The van der Waals surface area contributed by atoms with Gasteiger partial charge < -0.3 is 4.90 Å². The highest BCUT2D eigenvalue weighted by Crippen LogP contribution is 2.41. The van der Waals surface area contributed by atoms with Crippen LogP contribution in [0.4, 0.5) is 17.1 Å². The third-order valence-electron chi connectivity index (χ3n) is 11.9. The Kier molecular flexibility index (Phi) is 8.03. The fourth-order valence-electron chi connectivity index (χ4n) is 9.15. The molecule has 0 unspecified atom stereocenters. The molecule has 10 aromatic carbocycles. The topological polar surface area (TPSA) is 3.24 Å². The molecule has 0 heterocycles. The molecule has 0 bridgehead atoms. The first-order valence-corrected chi connectivity index (χ1v) is 20.0. The van der Waals surface area contributed by atoms with Crippen molar-refractivity contribution < 1.29 is 0 Å². The van der Waals surface area contributed by atoms with Gasteiger partial charge in [-0.25, -0.2) is 0 Å². The first kappa shape index (κ1) is 33.1. The summed E-state index contributed by atoms with van der Waals surface area (Å²) in [6, 6.07) is 75.8. The molecule has 0 spiro atoms. The van der Waals surface area contributed by atoms with Crippen LogP contribution in [0.5, 0.6) is 0 Å². The fraction of sp³-hybridized carbons (Fsp3) is 0.0357. The monoisotopic (exact) mass is 725 g/mol. The van der Waals surface area contributed by atoms with Crippen LogP contribution in [-0.4, -0.2) is 0 Å². The molecular formula is C56H39N. The summed E-state index contributed by atoms with van der Waals surface area (Å²) in [4.78, 5) is 2.38. The summed E-state index contributed by atoms with van der Waals surface area (Å²) in [5.41, 5.74) is 13.6. The Morgan fingerprint density at radius 3 is 1.46 bits per heavy atom. The SMILES string of the molecule is C1=C(c2ccc(N(c3ccc(-c4ccc5c6ccccc6c6ccccc6c5c4)cc3)c3ccc(-c4cccc5ccccc45)cc3)cc2)c2ccccc2CC1. The van der Waals surface area contributed by atoms with Crippen molar-refractivity contribution >= 4 is 65.7 Å². The summed E-state index contributed by atoms with van der Waals surface area (Å²) in [5.74, 6) is 0. The average Bonchev–Trinajstić information content (AvgIpc) is 3.29. The van der Waals surface area contributed by atoms with Gasteiger partial charge in [-0.3, -0.25) is 0 Å². The Balaban J connectivity index is 0.992. The van der Waals surface area contributed by atoms with Crippen molar-refractivity contribution in [1.29, 1.82) is 0 Å². The molecule has 0 N–H and O–H groups in total. The van der Waals surface area contributed by atoms with Crippen LogP contribution < -0.4 is 4.90 Å². The predicted octanol–water partition coefficient (Wildman–Crippen LogP) is 15.5. The van der Waals surface area contributed by atoms with Crippen LogP contribution in [0.2, 0.25) is 0 Å². The number of hydrogen-bond acceptors (Lipinski definition) is 1. The van der Waals surface area contributed by atoms with E-state index in [4.69, 9.17) is 0 Å². The molecule has 0 fully saturated rings. The molecule has 0 saturated heterocycles. The van der Waals surface area contributed by atoms with Crippen molar-refractivity contribution in [2.75, 3.05) is 4.90 Å². The Labute approximate surface area is 333 Å². The lowest BCUT2D eigenvalue weighted by molar-refractivity contribution is 0.978. The van der Waals surface area contributed by atoms with Gasteiger partial charge >= 0.3 is 0 Å². The third kappa shape index (κ3) is 5.79. The Hall–Kier alpha value is -7.22. The number of benzene rings is 10. The van der Waals surface area contributed by atoms with Crippen molar-refractivity contribution in [3.63, 3.8) is 0 Å². The predicted molar refractivity (Wildman–Crippen MR) is 244 cm³/mol. The second-order valence-electron chi connectivity index (χ2n) is 15.2. The molecule has 268 valence electrons. The molecule has 1 heteroatoms. The molecule has 10 aromatic rings. The van der Waals surface area contributed by atoms with Crippen molar-refractivity contribution in [1.82, 2.24) is 0 Å². The molecule has 11 rings (SSSR count). The summed E-state index contributed by atoms with van der Waals surface area (Å²) >= 11 is 0. The second-order valence-corrected chi connectivity index (χ2v) is 15.2. The summed E-state index contributed by atoms with van der Waals surface area (Å²) in [6.45, 7) is 0. The zero-order valence-electron chi connectivity index (χ0n) is 31.6. The van der Waals surface area contributed by atoms with Gasteiger partial charge in [-0.2, -0.15) is 0 Å². The van der Waals surface area contributed by atoms with E-state index in [0.29, 0.717) is 0 Å². The standard InChI is InChI=1S/C56H39N/c1-3-15-47-39(11-1)13-9-21-49(47)41-25-32-45(33-26-41)57(46-34-27-42(28-35-46)50-22-10-14-40-12-2-4-16-48(40)50)44-30-23-38(24-31-44)43-29-36-55-53-19-6-5-17-51(53)52-18-7-8-20-54(52)56(55)37-43/h1-9,11-13,15-37H,10,14H2. The molecule has 57 heavy (non-hydrogen) atoms. The van der Waals surface area contributed by atoms with Gasteiger partial charge in [-0.15, -0.1) is 0 Å². The zero-order chi connectivity index (χ0) is 37.7. The smallest absolute Gasteiger partial charge is 0.0462 e. The van der Waals surface area contributed by atoms with Gasteiger partial charge in [0.15, 0.2) is 0 Å². The lowest BCUT2D eigenvalue weighted by Gasteiger charge is -2.26. The summed E-state index contributed by atoms with van der Waals surface area (Å²) < 4.78 is 0. The van der Waals surface area contributed by atoms with Gasteiger partial charge in [0.1, 0.15) is 0 Å². The summed E-state index contributed by atoms with van der Waals surface area (Å²) in [7, 11) is 0. The minimum Gasteiger partial charge on any atom is -0.311 e. The highest BCUT2D eigenvalue weighted by Gasteiger charge is 2.17. The maximum atomic E-state index is 2.40. The largest absolute Gasteiger partial charge is 0.311 e. The van der Waals surface area contributed by atoms with Crippen LogP contribution in [0.1, 0.15) is 23.1 Å². The Bertz CT molecular complexity index is 3110. The number of nitrogens with zero attached hydrogens (tertiary/aromatic N) is 1. The van der Waals surface area contributed by atoms with Gasteiger partial charge in [0.05, 0.1) is 0 Å². The van der Waals surface area contributed by atoms with Gasteiger partial charge in [0.25, 0.3) is 0 Å². The van der Waals surface area contributed by atoms with E-state index < -0.39 is 0 Å².